The number of hydrogen-bond acceptors (Lipinski definition) is 4. The van der Waals surface area contributed by atoms with E-state index >= 15 is 0 Å². The van der Waals surface area contributed by atoms with Gasteiger partial charge in [0.05, 0.1) is 11.4 Å². The topological polar surface area (TPSA) is 61.6 Å². The quantitative estimate of drug-likeness (QED) is 0.756. The highest BCUT2D eigenvalue weighted by atomic mass is 16.2. The van der Waals surface area contributed by atoms with Gasteiger partial charge in [0, 0.05) is 38.8 Å². The van der Waals surface area contributed by atoms with Crippen LogP contribution in [0.25, 0.3) is 0 Å². The van der Waals surface area contributed by atoms with Gasteiger partial charge in [-0.15, -0.1) is 0 Å². The number of carbonyl (C=O) groups excluding carboxylic acids is 1. The molecule has 0 aliphatic carbocycles. The van der Waals surface area contributed by atoms with Gasteiger partial charge < -0.3 is 20.9 Å². The molecule has 1 amide bonds. The highest BCUT2D eigenvalue weighted by molar-refractivity contribution is 5.95. The van der Waals surface area contributed by atoms with Crippen LogP contribution >= 0.6 is 0 Å². The van der Waals surface area contributed by atoms with Gasteiger partial charge >= 0.3 is 0 Å². The van der Waals surface area contributed by atoms with Crippen LogP contribution < -0.4 is 11.1 Å². The Morgan fingerprint density at radius 3 is 2.57 bits per heavy atom. The lowest BCUT2D eigenvalue weighted by atomic mass is 10.1. The Labute approximate surface area is 128 Å². The van der Waals surface area contributed by atoms with Crippen LogP contribution in [0.1, 0.15) is 30.6 Å². The zero-order valence-corrected chi connectivity index (χ0v) is 13.8. The molecule has 0 fully saturated rings. The summed E-state index contributed by atoms with van der Waals surface area (Å²) in [5.41, 5.74) is 8.10. The summed E-state index contributed by atoms with van der Waals surface area (Å²) in [5, 5.41) is 3.32. The SMILES string of the molecule is CCC(C)N(C)CCNc1cc(C(=O)N(C)C)ccc1N. The monoisotopic (exact) mass is 292 g/mol. The van der Waals surface area contributed by atoms with Crippen molar-refractivity contribution in [1.29, 1.82) is 0 Å². The van der Waals surface area contributed by atoms with Crippen molar-refractivity contribution >= 4 is 17.3 Å². The number of nitrogen functional groups attached to an aromatic ring is 1. The van der Waals surface area contributed by atoms with E-state index in [1.165, 1.54) is 0 Å². The van der Waals surface area contributed by atoms with Crippen LogP contribution in [0, 0.1) is 0 Å². The lowest BCUT2D eigenvalue weighted by molar-refractivity contribution is 0.0827. The van der Waals surface area contributed by atoms with Gasteiger partial charge in [0.2, 0.25) is 0 Å². The van der Waals surface area contributed by atoms with E-state index in [1.54, 1.807) is 31.1 Å². The van der Waals surface area contributed by atoms with Gasteiger partial charge in [-0.25, -0.2) is 0 Å². The fraction of sp³-hybridized carbons (Fsp3) is 0.562. The van der Waals surface area contributed by atoms with Crippen molar-refractivity contribution in [2.45, 2.75) is 26.3 Å². The molecule has 0 saturated carbocycles. The predicted octanol–water partition coefficient (Wildman–Crippen LogP) is 2.11. The number of nitrogens with one attached hydrogen (secondary N) is 1. The molecule has 5 nitrogen and oxygen atoms in total. The molecular weight excluding hydrogens is 264 g/mol. The molecule has 0 radical (unpaired) electrons. The number of nitrogens with two attached hydrogens (primary N) is 1. The summed E-state index contributed by atoms with van der Waals surface area (Å²) in [7, 11) is 5.60. The smallest absolute Gasteiger partial charge is 0.253 e. The predicted molar refractivity (Wildman–Crippen MR) is 89.7 cm³/mol. The largest absolute Gasteiger partial charge is 0.397 e. The third-order valence-corrected chi connectivity index (χ3v) is 3.83. The Bertz CT molecular complexity index is 473. The molecule has 0 aromatic heterocycles. The fourth-order valence-corrected chi connectivity index (χ4v) is 2.00. The Balaban J connectivity index is 2.66. The number of benzene rings is 1. The van der Waals surface area contributed by atoms with Crippen molar-refractivity contribution in [2.75, 3.05) is 45.3 Å². The number of carbonyl (C=O) groups is 1. The molecule has 1 aromatic carbocycles. The molecule has 0 bridgehead atoms. The molecule has 1 aromatic rings. The van der Waals surface area contributed by atoms with Gasteiger partial charge in [-0.1, -0.05) is 6.92 Å². The maximum atomic E-state index is 12.0. The maximum absolute atomic E-state index is 12.0. The van der Waals surface area contributed by atoms with Crippen LogP contribution in [0.5, 0.6) is 0 Å². The normalized spacial score (nSPS) is 12.3. The summed E-state index contributed by atoms with van der Waals surface area (Å²) in [6, 6.07) is 5.91. The molecule has 0 aliphatic rings. The second kappa shape index (κ2) is 7.88. The van der Waals surface area contributed by atoms with Crippen molar-refractivity contribution in [3.63, 3.8) is 0 Å². The molecular formula is C16H28N4O. The van der Waals surface area contributed by atoms with Crippen LogP contribution in [0.3, 0.4) is 0 Å². The molecule has 1 unspecified atom stereocenters. The average Bonchev–Trinajstić information content (AvgIpc) is 2.47. The molecule has 5 heteroatoms. The summed E-state index contributed by atoms with van der Waals surface area (Å²) >= 11 is 0. The summed E-state index contributed by atoms with van der Waals surface area (Å²) < 4.78 is 0. The Kier molecular flexibility index (Phi) is 6.49. The van der Waals surface area contributed by atoms with Gasteiger partial charge in [0.1, 0.15) is 0 Å². The summed E-state index contributed by atoms with van der Waals surface area (Å²) in [6.07, 6.45) is 1.13. The Hall–Kier alpha value is -1.75. The number of hydrogen-bond donors (Lipinski definition) is 2. The van der Waals surface area contributed by atoms with E-state index in [-0.39, 0.29) is 5.91 Å². The van der Waals surface area contributed by atoms with Crippen molar-refractivity contribution < 1.29 is 4.79 Å². The third kappa shape index (κ3) is 4.93. The van der Waals surface area contributed by atoms with Crippen molar-refractivity contribution in [2.24, 2.45) is 0 Å². The summed E-state index contributed by atoms with van der Waals surface area (Å²) in [5.74, 6) is -0.0187. The van der Waals surface area contributed by atoms with E-state index in [2.05, 4.69) is 31.1 Å². The van der Waals surface area contributed by atoms with E-state index in [1.807, 2.05) is 6.07 Å². The maximum Gasteiger partial charge on any atom is 0.253 e. The number of anilines is 2. The number of nitrogens with zero attached hydrogens (tertiary/aromatic N) is 2. The first kappa shape index (κ1) is 17.3. The van der Waals surface area contributed by atoms with Crippen LogP contribution in [0.15, 0.2) is 18.2 Å². The lowest BCUT2D eigenvalue weighted by Crippen LogP contribution is -2.32. The van der Waals surface area contributed by atoms with Crippen molar-refractivity contribution in [3.05, 3.63) is 23.8 Å². The third-order valence-electron chi connectivity index (χ3n) is 3.83. The summed E-state index contributed by atoms with van der Waals surface area (Å²) in [4.78, 5) is 15.8. The zero-order valence-electron chi connectivity index (χ0n) is 13.8. The van der Waals surface area contributed by atoms with Crippen LogP contribution in [0.4, 0.5) is 11.4 Å². The van der Waals surface area contributed by atoms with E-state index in [4.69, 9.17) is 5.73 Å². The number of likely N-dealkylation sites (N-methyl/N-ethyl adjacent to an activating group) is 1. The lowest BCUT2D eigenvalue weighted by Gasteiger charge is -2.24. The highest BCUT2D eigenvalue weighted by Gasteiger charge is 2.11. The molecule has 3 N–H and O–H groups in total. The van der Waals surface area contributed by atoms with Gasteiger partial charge in [-0.3, -0.25) is 4.79 Å². The van der Waals surface area contributed by atoms with Gasteiger partial charge in [0.25, 0.3) is 5.91 Å². The zero-order chi connectivity index (χ0) is 16.0. The highest BCUT2D eigenvalue weighted by Crippen LogP contribution is 2.20. The first-order valence-electron chi connectivity index (χ1n) is 7.42. The Morgan fingerprint density at radius 1 is 1.33 bits per heavy atom. The second-order valence-corrected chi connectivity index (χ2v) is 5.67. The summed E-state index contributed by atoms with van der Waals surface area (Å²) in [6.45, 7) is 6.12. The Morgan fingerprint density at radius 2 is 2.00 bits per heavy atom. The van der Waals surface area contributed by atoms with Crippen LogP contribution in [-0.4, -0.2) is 56.0 Å². The number of amides is 1. The first-order valence-corrected chi connectivity index (χ1v) is 7.42. The molecule has 118 valence electrons. The molecule has 0 spiro atoms. The van der Waals surface area contributed by atoms with Gasteiger partial charge in [-0.2, -0.15) is 0 Å². The van der Waals surface area contributed by atoms with Crippen molar-refractivity contribution in [1.82, 2.24) is 9.80 Å². The molecule has 0 aliphatic heterocycles. The molecule has 1 atom stereocenters. The molecule has 0 heterocycles. The average molecular weight is 292 g/mol. The minimum absolute atomic E-state index is 0.0187. The van der Waals surface area contributed by atoms with E-state index in [9.17, 15) is 4.79 Å². The molecule has 21 heavy (non-hydrogen) atoms. The van der Waals surface area contributed by atoms with Gasteiger partial charge in [0.15, 0.2) is 0 Å². The van der Waals surface area contributed by atoms with E-state index in [0.717, 1.165) is 25.2 Å². The number of rotatable bonds is 7. The fourth-order valence-electron chi connectivity index (χ4n) is 2.00. The van der Waals surface area contributed by atoms with E-state index in [0.29, 0.717) is 17.3 Å². The van der Waals surface area contributed by atoms with Crippen LogP contribution in [-0.2, 0) is 0 Å². The minimum atomic E-state index is -0.0187. The van der Waals surface area contributed by atoms with Crippen LogP contribution in [0.2, 0.25) is 0 Å². The molecule has 0 saturated heterocycles. The van der Waals surface area contributed by atoms with Gasteiger partial charge in [-0.05, 0) is 38.6 Å². The molecule has 1 rings (SSSR count). The first-order chi connectivity index (χ1) is 9.86. The van der Waals surface area contributed by atoms with Crippen molar-refractivity contribution in [3.8, 4) is 0 Å². The van der Waals surface area contributed by atoms with E-state index < -0.39 is 0 Å². The minimum Gasteiger partial charge on any atom is -0.397 e. The standard InChI is InChI=1S/C16H28N4O/c1-6-12(2)20(5)10-9-18-15-11-13(7-8-14(15)17)16(21)19(3)4/h7-8,11-12,18H,6,9-10,17H2,1-5H3. The second-order valence-electron chi connectivity index (χ2n) is 5.67.